The maximum atomic E-state index is 13.3. The van der Waals surface area contributed by atoms with Gasteiger partial charge in [0.05, 0.1) is 11.6 Å². The number of halogens is 1. The number of carbonyl (C=O) groups excluding carboxylic acids is 2. The smallest absolute Gasteiger partial charge is 0.261 e. The van der Waals surface area contributed by atoms with Crippen LogP contribution >= 0.6 is 15.9 Å². The molecule has 7 heteroatoms. The molecule has 0 heterocycles. The van der Waals surface area contributed by atoms with Crippen LogP contribution in [0.5, 0.6) is 11.5 Å². The van der Waals surface area contributed by atoms with E-state index in [9.17, 15) is 9.59 Å². The van der Waals surface area contributed by atoms with Crippen LogP contribution in [0.2, 0.25) is 0 Å². The van der Waals surface area contributed by atoms with E-state index < -0.39 is 6.04 Å². The Labute approximate surface area is 205 Å². The van der Waals surface area contributed by atoms with Gasteiger partial charge in [-0.1, -0.05) is 45.9 Å². The molecule has 2 amide bonds. The number of nitrogens with zero attached hydrogens (tertiary/aromatic N) is 1. The Morgan fingerprint density at radius 2 is 1.85 bits per heavy atom. The molecule has 1 N–H and O–H groups in total. The zero-order valence-corrected chi connectivity index (χ0v) is 21.8. The minimum Gasteiger partial charge on any atom is -0.497 e. The normalized spacial score (nSPS) is 11.7. The molecule has 2 aromatic rings. The fourth-order valence-corrected chi connectivity index (χ4v) is 3.95. The van der Waals surface area contributed by atoms with Gasteiger partial charge in [-0.2, -0.15) is 0 Å². The quantitative estimate of drug-likeness (QED) is 0.430. The van der Waals surface area contributed by atoms with Gasteiger partial charge in [0.1, 0.15) is 17.5 Å². The van der Waals surface area contributed by atoms with E-state index in [1.54, 1.807) is 12.0 Å². The second-order valence-corrected chi connectivity index (χ2v) is 9.20. The Balaban J connectivity index is 2.23. The van der Waals surface area contributed by atoms with Crippen LogP contribution in [0.3, 0.4) is 0 Å². The Kier molecular flexibility index (Phi) is 10.7. The van der Waals surface area contributed by atoms with Crippen molar-refractivity contribution in [2.45, 2.75) is 53.1 Å². The maximum absolute atomic E-state index is 13.3. The fraction of sp³-hybridized carbons (Fsp3) is 0.462. The lowest BCUT2D eigenvalue weighted by Crippen LogP contribution is -2.50. The van der Waals surface area contributed by atoms with Crippen molar-refractivity contribution in [2.24, 2.45) is 5.92 Å². The van der Waals surface area contributed by atoms with Crippen LogP contribution in [0.25, 0.3) is 0 Å². The summed E-state index contributed by atoms with van der Waals surface area (Å²) in [6, 6.07) is 12.7. The largest absolute Gasteiger partial charge is 0.497 e. The Morgan fingerprint density at radius 3 is 2.45 bits per heavy atom. The summed E-state index contributed by atoms with van der Waals surface area (Å²) in [4.78, 5) is 27.9. The van der Waals surface area contributed by atoms with Gasteiger partial charge in [-0.15, -0.1) is 0 Å². The van der Waals surface area contributed by atoms with Gasteiger partial charge >= 0.3 is 0 Å². The average molecular weight is 519 g/mol. The third kappa shape index (κ3) is 8.07. The summed E-state index contributed by atoms with van der Waals surface area (Å²) < 4.78 is 12.0. The highest BCUT2D eigenvalue weighted by Gasteiger charge is 2.29. The summed E-state index contributed by atoms with van der Waals surface area (Å²) in [7, 11) is 1.60. The van der Waals surface area contributed by atoms with Gasteiger partial charge in [0.2, 0.25) is 5.91 Å². The summed E-state index contributed by atoms with van der Waals surface area (Å²) >= 11 is 3.52. The number of methoxy groups -OCH3 is 1. The first-order valence-electron chi connectivity index (χ1n) is 11.4. The minimum absolute atomic E-state index is 0.157. The summed E-state index contributed by atoms with van der Waals surface area (Å²) in [6.07, 6.45) is 1.41. The van der Waals surface area contributed by atoms with Gasteiger partial charge in [-0.3, -0.25) is 9.59 Å². The summed E-state index contributed by atoms with van der Waals surface area (Å²) in [5, 5.41) is 2.97. The van der Waals surface area contributed by atoms with Crippen molar-refractivity contribution in [1.29, 1.82) is 0 Å². The number of rotatable bonds is 12. The molecule has 0 unspecified atom stereocenters. The van der Waals surface area contributed by atoms with Crippen LogP contribution in [0.4, 0.5) is 0 Å². The van der Waals surface area contributed by atoms with Crippen LogP contribution in [-0.2, 0) is 22.6 Å². The van der Waals surface area contributed by atoms with Crippen molar-refractivity contribution >= 4 is 27.7 Å². The Morgan fingerprint density at radius 1 is 1.09 bits per heavy atom. The van der Waals surface area contributed by atoms with Gasteiger partial charge in [0, 0.05) is 13.1 Å². The highest BCUT2D eigenvalue weighted by atomic mass is 79.9. The van der Waals surface area contributed by atoms with Crippen molar-refractivity contribution in [3.05, 3.63) is 58.1 Å². The summed E-state index contributed by atoms with van der Waals surface area (Å²) in [5.74, 6) is 1.21. The molecule has 0 aromatic heterocycles. The fourth-order valence-electron chi connectivity index (χ4n) is 3.41. The molecule has 0 aliphatic carbocycles. The van der Waals surface area contributed by atoms with E-state index in [2.05, 4.69) is 28.2 Å². The van der Waals surface area contributed by atoms with E-state index in [0.29, 0.717) is 30.4 Å². The third-order valence-electron chi connectivity index (χ3n) is 5.31. The van der Waals surface area contributed by atoms with E-state index >= 15 is 0 Å². The standard InChI is InChI=1S/C26H35BrN2O4/c1-6-19-11-12-24(22(27)14-19)33-17-25(30)29(16-20-9-8-10-21(13-20)32-5)23(7-2)26(31)28-15-18(3)4/h8-14,18,23H,6-7,15-17H2,1-5H3,(H,28,31)/t23-/m0/s1. The molecule has 2 rings (SSSR count). The predicted molar refractivity (Wildman–Crippen MR) is 134 cm³/mol. The molecule has 0 fully saturated rings. The lowest BCUT2D eigenvalue weighted by Gasteiger charge is -2.31. The summed E-state index contributed by atoms with van der Waals surface area (Å²) in [6.45, 7) is 8.74. The molecule has 0 radical (unpaired) electrons. The average Bonchev–Trinajstić information content (AvgIpc) is 2.81. The van der Waals surface area contributed by atoms with Gasteiger partial charge in [-0.25, -0.2) is 0 Å². The van der Waals surface area contributed by atoms with Crippen molar-refractivity contribution in [1.82, 2.24) is 10.2 Å². The van der Waals surface area contributed by atoms with Crippen LogP contribution in [-0.4, -0.2) is 43.0 Å². The van der Waals surface area contributed by atoms with Crippen molar-refractivity contribution in [2.75, 3.05) is 20.3 Å². The van der Waals surface area contributed by atoms with Crippen LogP contribution < -0.4 is 14.8 Å². The first-order chi connectivity index (χ1) is 15.8. The van der Waals surface area contributed by atoms with Crippen molar-refractivity contribution < 1.29 is 19.1 Å². The number of carbonyl (C=O) groups is 2. The van der Waals surface area contributed by atoms with Crippen molar-refractivity contribution in [3.8, 4) is 11.5 Å². The van der Waals surface area contributed by atoms with Crippen LogP contribution in [0.1, 0.15) is 45.2 Å². The van der Waals surface area contributed by atoms with Gasteiger partial charge in [0.25, 0.3) is 5.91 Å². The summed E-state index contributed by atoms with van der Waals surface area (Å²) in [5.41, 5.74) is 2.05. The molecule has 0 aliphatic rings. The van der Waals surface area contributed by atoms with E-state index in [0.717, 1.165) is 16.5 Å². The monoisotopic (exact) mass is 518 g/mol. The van der Waals surface area contributed by atoms with Crippen LogP contribution in [0, 0.1) is 5.92 Å². The van der Waals surface area contributed by atoms with Crippen LogP contribution in [0.15, 0.2) is 46.9 Å². The number of hydrogen-bond acceptors (Lipinski definition) is 4. The molecule has 1 atom stereocenters. The Bertz CT molecular complexity index is 932. The van der Waals surface area contributed by atoms with E-state index in [4.69, 9.17) is 9.47 Å². The van der Waals surface area contributed by atoms with Gasteiger partial charge < -0.3 is 19.7 Å². The number of nitrogens with one attached hydrogen (secondary N) is 1. The molecule has 0 saturated heterocycles. The number of aryl methyl sites for hydroxylation is 1. The molecule has 2 aromatic carbocycles. The molecule has 0 bridgehead atoms. The lowest BCUT2D eigenvalue weighted by molar-refractivity contribution is -0.143. The van der Waals surface area contributed by atoms with Crippen molar-refractivity contribution in [3.63, 3.8) is 0 Å². The number of amides is 2. The topological polar surface area (TPSA) is 67.9 Å². The molecule has 0 saturated carbocycles. The molecule has 33 heavy (non-hydrogen) atoms. The highest BCUT2D eigenvalue weighted by Crippen LogP contribution is 2.26. The highest BCUT2D eigenvalue weighted by molar-refractivity contribution is 9.10. The van der Waals surface area contributed by atoms with E-state index in [-0.39, 0.29) is 25.0 Å². The molecule has 6 nitrogen and oxygen atoms in total. The van der Waals surface area contributed by atoms with Gasteiger partial charge in [0.15, 0.2) is 6.61 Å². The van der Waals surface area contributed by atoms with E-state index in [1.165, 1.54) is 5.56 Å². The first kappa shape index (κ1) is 26.7. The number of hydrogen-bond donors (Lipinski definition) is 1. The molecular weight excluding hydrogens is 484 g/mol. The predicted octanol–water partition coefficient (Wildman–Crippen LogP) is 4.98. The second-order valence-electron chi connectivity index (χ2n) is 8.34. The zero-order valence-electron chi connectivity index (χ0n) is 20.2. The maximum Gasteiger partial charge on any atom is 0.261 e. The molecular formula is C26H35BrN2O4. The Hall–Kier alpha value is -2.54. The number of benzene rings is 2. The minimum atomic E-state index is -0.600. The third-order valence-corrected chi connectivity index (χ3v) is 5.93. The van der Waals surface area contributed by atoms with E-state index in [1.807, 2.05) is 63.2 Å². The van der Waals surface area contributed by atoms with Gasteiger partial charge in [-0.05, 0) is 70.1 Å². The molecule has 0 aliphatic heterocycles. The molecule has 180 valence electrons. The lowest BCUT2D eigenvalue weighted by atomic mass is 10.1. The SMILES string of the molecule is CCc1ccc(OCC(=O)N(Cc2cccc(OC)c2)[C@@H](CC)C(=O)NCC(C)C)c(Br)c1. The zero-order chi connectivity index (χ0) is 24.4. The molecule has 0 spiro atoms. The second kappa shape index (κ2) is 13.2. The first-order valence-corrected chi connectivity index (χ1v) is 12.2. The number of ether oxygens (including phenoxy) is 2.